The molecule has 26 heavy (non-hydrogen) atoms. The Morgan fingerprint density at radius 2 is 1.96 bits per heavy atom. The first-order valence-corrected chi connectivity index (χ1v) is 8.29. The molecule has 1 amide bonds. The first kappa shape index (κ1) is 19.3. The number of ether oxygens (including phenoxy) is 2. The average Bonchev–Trinajstić information content (AvgIpc) is 2.65. The molecule has 0 unspecified atom stereocenters. The molecule has 2 aromatic carbocycles. The van der Waals surface area contributed by atoms with Gasteiger partial charge >= 0.3 is 5.97 Å². The van der Waals surface area contributed by atoms with E-state index in [-0.39, 0.29) is 11.3 Å². The topological polar surface area (TPSA) is 88.4 Å². The first-order valence-electron chi connectivity index (χ1n) is 7.91. The Morgan fingerprint density at radius 1 is 1.23 bits per heavy atom. The Labute approximate surface area is 156 Å². The summed E-state index contributed by atoms with van der Waals surface area (Å²) in [5, 5.41) is 11.9. The second-order valence-electron chi connectivity index (χ2n) is 5.29. The van der Waals surface area contributed by atoms with Crippen molar-refractivity contribution in [1.82, 2.24) is 0 Å². The van der Waals surface area contributed by atoms with Gasteiger partial charge in [0.25, 0.3) is 5.91 Å². The number of carbonyl (C=O) groups excluding carboxylic acids is 2. The molecule has 0 radical (unpaired) electrons. The molecule has 0 aliphatic carbocycles. The van der Waals surface area contributed by atoms with E-state index in [0.717, 1.165) is 0 Å². The second kappa shape index (κ2) is 9.44. The number of nitriles is 1. The summed E-state index contributed by atoms with van der Waals surface area (Å²) >= 11 is 5.86. The van der Waals surface area contributed by atoms with E-state index in [0.29, 0.717) is 17.2 Å². The molecule has 0 aliphatic heterocycles. The van der Waals surface area contributed by atoms with Gasteiger partial charge < -0.3 is 14.8 Å². The van der Waals surface area contributed by atoms with E-state index in [1.807, 2.05) is 12.1 Å². The van der Waals surface area contributed by atoms with Crippen LogP contribution in [-0.4, -0.2) is 24.6 Å². The van der Waals surface area contributed by atoms with E-state index in [9.17, 15) is 9.59 Å². The van der Waals surface area contributed by atoms with Crippen molar-refractivity contribution in [1.29, 1.82) is 5.26 Å². The normalized spacial score (nSPS) is 11.1. The fourth-order valence-corrected chi connectivity index (χ4v) is 2.27. The minimum absolute atomic E-state index is 0.257. The summed E-state index contributed by atoms with van der Waals surface area (Å²) in [6.07, 6.45) is -0.423. The van der Waals surface area contributed by atoms with Gasteiger partial charge in [0, 0.05) is 5.02 Å². The van der Waals surface area contributed by atoms with Crippen LogP contribution in [0.15, 0.2) is 48.5 Å². The summed E-state index contributed by atoms with van der Waals surface area (Å²) in [7, 11) is 0. The van der Waals surface area contributed by atoms with Gasteiger partial charge in [-0.3, -0.25) is 4.79 Å². The minimum Gasteiger partial charge on any atom is -0.479 e. The molecule has 134 valence electrons. The van der Waals surface area contributed by atoms with Gasteiger partial charge in [-0.1, -0.05) is 36.7 Å². The predicted molar refractivity (Wildman–Crippen MR) is 96.9 cm³/mol. The zero-order chi connectivity index (χ0) is 18.9. The van der Waals surface area contributed by atoms with Crippen molar-refractivity contribution < 1.29 is 19.1 Å². The molecule has 0 saturated carbocycles. The Kier molecular flexibility index (Phi) is 7.01. The van der Waals surface area contributed by atoms with Crippen molar-refractivity contribution >= 4 is 29.2 Å². The summed E-state index contributed by atoms with van der Waals surface area (Å²) in [4.78, 5) is 24.1. The van der Waals surface area contributed by atoms with E-state index in [1.54, 1.807) is 37.3 Å². The molecule has 1 atom stereocenters. The number of benzene rings is 2. The summed E-state index contributed by atoms with van der Waals surface area (Å²) in [5.41, 5.74) is 0.515. The third-order valence-electron chi connectivity index (χ3n) is 3.38. The predicted octanol–water partition coefficient (Wildman–Crippen LogP) is 3.55. The van der Waals surface area contributed by atoms with Crippen LogP contribution in [0.25, 0.3) is 0 Å². The SMILES string of the molecule is CC[C@@H](Oc1ccccc1)C(=O)OCC(=O)Nc1cc(Cl)ccc1C#N. The number of rotatable bonds is 7. The number of halogens is 1. The van der Waals surface area contributed by atoms with Crippen molar-refractivity contribution in [3.05, 3.63) is 59.1 Å². The lowest BCUT2D eigenvalue weighted by molar-refractivity contribution is -0.154. The van der Waals surface area contributed by atoms with Crippen LogP contribution >= 0.6 is 11.6 Å². The maximum absolute atomic E-state index is 12.1. The molecule has 1 N–H and O–H groups in total. The van der Waals surface area contributed by atoms with Crippen LogP contribution in [0, 0.1) is 11.3 Å². The quantitative estimate of drug-likeness (QED) is 0.751. The van der Waals surface area contributed by atoms with Gasteiger partial charge in [-0.2, -0.15) is 5.26 Å². The maximum Gasteiger partial charge on any atom is 0.347 e. The van der Waals surface area contributed by atoms with Crippen molar-refractivity contribution in [3.63, 3.8) is 0 Å². The number of hydrogen-bond acceptors (Lipinski definition) is 5. The molecule has 2 aromatic rings. The molecule has 0 saturated heterocycles. The molecular formula is C19H17ClN2O4. The second-order valence-corrected chi connectivity index (χ2v) is 5.72. The molecule has 7 heteroatoms. The number of nitrogens with one attached hydrogen (secondary N) is 1. The lowest BCUT2D eigenvalue weighted by Crippen LogP contribution is -2.31. The van der Waals surface area contributed by atoms with E-state index in [1.165, 1.54) is 12.1 Å². The number of hydrogen-bond donors (Lipinski definition) is 1. The number of esters is 1. The summed E-state index contributed by atoms with van der Waals surface area (Å²) in [5.74, 6) is -0.678. The van der Waals surface area contributed by atoms with Crippen LogP contribution < -0.4 is 10.1 Å². The highest BCUT2D eigenvalue weighted by Gasteiger charge is 2.21. The van der Waals surface area contributed by atoms with Gasteiger partial charge in [0.15, 0.2) is 12.7 Å². The standard InChI is InChI=1S/C19H17ClN2O4/c1-2-17(26-15-6-4-3-5-7-15)19(24)25-12-18(23)22-16-10-14(20)9-8-13(16)11-21/h3-10,17H,2,12H2,1H3,(H,22,23)/t17-/m1/s1. The van der Waals surface area contributed by atoms with E-state index >= 15 is 0 Å². The number of carbonyl (C=O) groups is 2. The molecule has 0 aromatic heterocycles. The van der Waals surface area contributed by atoms with Crippen LogP contribution in [0.3, 0.4) is 0 Å². The fraction of sp³-hybridized carbons (Fsp3) is 0.211. The Morgan fingerprint density at radius 3 is 2.62 bits per heavy atom. The molecule has 2 rings (SSSR count). The zero-order valence-corrected chi connectivity index (χ0v) is 14.8. The highest BCUT2D eigenvalue weighted by Crippen LogP contribution is 2.20. The van der Waals surface area contributed by atoms with Gasteiger partial charge in [0.05, 0.1) is 11.3 Å². The third kappa shape index (κ3) is 5.50. The van der Waals surface area contributed by atoms with Crippen molar-refractivity contribution in [2.75, 3.05) is 11.9 Å². The van der Waals surface area contributed by atoms with Gasteiger partial charge in [-0.05, 0) is 36.8 Å². The number of nitrogens with zero attached hydrogens (tertiary/aromatic N) is 1. The van der Waals surface area contributed by atoms with Crippen molar-refractivity contribution in [2.45, 2.75) is 19.4 Å². The van der Waals surface area contributed by atoms with Crippen molar-refractivity contribution in [2.24, 2.45) is 0 Å². The Hall–Kier alpha value is -3.04. The molecule has 0 spiro atoms. The van der Waals surface area contributed by atoms with Crippen LogP contribution in [0.2, 0.25) is 5.02 Å². The molecule has 0 heterocycles. The van der Waals surface area contributed by atoms with Gasteiger partial charge in [0.2, 0.25) is 0 Å². The van der Waals surface area contributed by atoms with E-state index in [2.05, 4.69) is 5.32 Å². The summed E-state index contributed by atoms with van der Waals surface area (Å²) < 4.78 is 10.6. The molecular weight excluding hydrogens is 356 g/mol. The summed E-state index contributed by atoms with van der Waals surface area (Å²) in [6, 6.07) is 15.3. The first-order chi connectivity index (χ1) is 12.5. The van der Waals surface area contributed by atoms with E-state index in [4.69, 9.17) is 26.3 Å². The molecule has 6 nitrogen and oxygen atoms in total. The van der Waals surface area contributed by atoms with Crippen LogP contribution in [-0.2, 0) is 14.3 Å². The average molecular weight is 373 g/mol. The Balaban J connectivity index is 1.91. The smallest absolute Gasteiger partial charge is 0.347 e. The van der Waals surface area contributed by atoms with Crippen LogP contribution in [0.1, 0.15) is 18.9 Å². The fourth-order valence-electron chi connectivity index (χ4n) is 2.09. The molecule has 0 bridgehead atoms. The van der Waals surface area contributed by atoms with Crippen molar-refractivity contribution in [3.8, 4) is 11.8 Å². The Bertz CT molecular complexity index is 818. The van der Waals surface area contributed by atoms with E-state index < -0.39 is 24.6 Å². The third-order valence-corrected chi connectivity index (χ3v) is 3.61. The monoisotopic (exact) mass is 372 g/mol. The molecule has 0 aliphatic rings. The highest BCUT2D eigenvalue weighted by molar-refractivity contribution is 6.31. The van der Waals surface area contributed by atoms with Gasteiger partial charge in [-0.15, -0.1) is 0 Å². The van der Waals surface area contributed by atoms with Gasteiger partial charge in [-0.25, -0.2) is 4.79 Å². The minimum atomic E-state index is -0.814. The summed E-state index contributed by atoms with van der Waals surface area (Å²) in [6.45, 7) is 1.28. The zero-order valence-electron chi connectivity index (χ0n) is 14.1. The molecule has 0 fully saturated rings. The van der Waals surface area contributed by atoms with Crippen LogP contribution in [0.5, 0.6) is 5.75 Å². The maximum atomic E-state index is 12.1. The number of para-hydroxylation sites is 1. The van der Waals surface area contributed by atoms with Crippen LogP contribution in [0.4, 0.5) is 5.69 Å². The largest absolute Gasteiger partial charge is 0.479 e. The highest BCUT2D eigenvalue weighted by atomic mass is 35.5. The number of amides is 1. The lowest BCUT2D eigenvalue weighted by atomic mass is 10.2. The lowest BCUT2D eigenvalue weighted by Gasteiger charge is -2.16. The number of anilines is 1. The van der Waals surface area contributed by atoms with Gasteiger partial charge in [0.1, 0.15) is 11.8 Å².